The monoisotopic (exact) mass is 462 g/mol. The van der Waals surface area contributed by atoms with Crippen LogP contribution in [0, 0.1) is 0 Å². The van der Waals surface area contributed by atoms with Crippen LogP contribution in [0.15, 0.2) is 55.0 Å². The molecule has 0 atom stereocenters. The average Bonchev–Trinajstić information content (AvgIpc) is 2.88. The van der Waals surface area contributed by atoms with Crippen LogP contribution >= 0.6 is 0 Å². The lowest BCUT2D eigenvalue weighted by Crippen LogP contribution is -2.36. The molecule has 3 aromatic rings. The van der Waals surface area contributed by atoms with Crippen LogP contribution in [0.3, 0.4) is 0 Å². The summed E-state index contributed by atoms with van der Waals surface area (Å²) in [4.78, 5) is 30.6. The number of hydrogen-bond donors (Lipinski definition) is 0. The van der Waals surface area contributed by atoms with Crippen molar-refractivity contribution in [1.29, 1.82) is 0 Å². The summed E-state index contributed by atoms with van der Waals surface area (Å²) in [5, 5.41) is 0. The van der Waals surface area contributed by atoms with Crippen LogP contribution in [0.2, 0.25) is 0 Å². The van der Waals surface area contributed by atoms with Crippen molar-refractivity contribution in [1.82, 2.24) is 19.9 Å². The van der Waals surface area contributed by atoms with Crippen LogP contribution in [0.4, 0.5) is 11.6 Å². The predicted octanol–water partition coefficient (Wildman–Crippen LogP) is 3.08. The van der Waals surface area contributed by atoms with Gasteiger partial charge in [-0.15, -0.1) is 0 Å². The minimum atomic E-state index is 0.0313. The van der Waals surface area contributed by atoms with E-state index < -0.39 is 0 Å². The Balaban J connectivity index is 1.37. The second-order valence-electron chi connectivity index (χ2n) is 8.21. The fourth-order valence-electron chi connectivity index (χ4n) is 3.52. The Labute approximate surface area is 200 Å². The summed E-state index contributed by atoms with van der Waals surface area (Å²) < 4.78 is 11.3. The van der Waals surface area contributed by atoms with Crippen LogP contribution in [0.5, 0.6) is 11.6 Å². The number of carbonyl (C=O) groups excluding carboxylic acids is 1. The van der Waals surface area contributed by atoms with Gasteiger partial charge in [-0.1, -0.05) is 12.1 Å². The lowest BCUT2D eigenvalue weighted by atomic mass is 10.1. The lowest BCUT2D eigenvalue weighted by molar-refractivity contribution is -0.127. The number of anilines is 2. The fraction of sp³-hybridized carbons (Fsp3) is 0.360. The van der Waals surface area contributed by atoms with E-state index in [0.29, 0.717) is 30.5 Å². The van der Waals surface area contributed by atoms with E-state index in [0.717, 1.165) is 43.2 Å². The van der Waals surface area contributed by atoms with Gasteiger partial charge in [0.2, 0.25) is 11.8 Å². The highest BCUT2D eigenvalue weighted by Gasteiger charge is 2.13. The smallest absolute Gasteiger partial charge is 0.239 e. The van der Waals surface area contributed by atoms with Crippen molar-refractivity contribution in [2.75, 3.05) is 63.3 Å². The molecule has 1 aromatic carbocycles. The first kappa shape index (κ1) is 23.4. The van der Waals surface area contributed by atoms with Crippen molar-refractivity contribution in [3.05, 3.63) is 55.0 Å². The zero-order valence-electron chi connectivity index (χ0n) is 19.8. The van der Waals surface area contributed by atoms with E-state index in [1.54, 1.807) is 31.3 Å². The summed E-state index contributed by atoms with van der Waals surface area (Å²) in [6.07, 6.45) is 5.16. The molecule has 1 fully saturated rings. The molecule has 178 valence electrons. The Morgan fingerprint density at radius 2 is 1.74 bits per heavy atom. The van der Waals surface area contributed by atoms with Gasteiger partial charge in [-0.2, -0.15) is 4.98 Å². The molecule has 2 aromatic heterocycles. The van der Waals surface area contributed by atoms with E-state index in [4.69, 9.17) is 9.47 Å². The molecule has 9 heteroatoms. The Morgan fingerprint density at radius 1 is 1.00 bits per heavy atom. The standard InChI is InChI=1S/C25H30N6O3/c1-19(32)29(2)10-11-30(3)24-17-26-18-25(28-24)34-22-7-4-20(5-8-22)21-6-9-23(27-16-21)31-12-14-33-15-13-31/h4-9,16-18H,10-15H2,1-3H3. The van der Waals surface area contributed by atoms with Crippen molar-refractivity contribution in [2.45, 2.75) is 6.92 Å². The van der Waals surface area contributed by atoms with E-state index in [1.807, 2.05) is 42.4 Å². The second kappa shape index (κ2) is 10.9. The third kappa shape index (κ3) is 5.99. The molecule has 3 heterocycles. The number of benzene rings is 1. The second-order valence-corrected chi connectivity index (χ2v) is 8.21. The van der Waals surface area contributed by atoms with Gasteiger partial charge in [0.1, 0.15) is 11.6 Å². The number of aromatic nitrogens is 3. The third-order valence-corrected chi connectivity index (χ3v) is 5.79. The summed E-state index contributed by atoms with van der Waals surface area (Å²) in [5.74, 6) is 2.77. The molecule has 0 radical (unpaired) electrons. The highest BCUT2D eigenvalue weighted by molar-refractivity contribution is 5.72. The Bertz CT molecular complexity index is 1080. The number of rotatable bonds is 8. The molecule has 1 amide bonds. The first-order chi connectivity index (χ1) is 16.5. The molecule has 34 heavy (non-hydrogen) atoms. The Morgan fingerprint density at radius 3 is 2.41 bits per heavy atom. The highest BCUT2D eigenvalue weighted by Crippen LogP contribution is 2.26. The Hall–Kier alpha value is -3.72. The minimum absolute atomic E-state index is 0.0313. The third-order valence-electron chi connectivity index (χ3n) is 5.79. The number of ether oxygens (including phenoxy) is 2. The molecule has 0 bridgehead atoms. The SMILES string of the molecule is CC(=O)N(C)CCN(C)c1cncc(Oc2ccc(-c3ccc(N4CCOCC4)nc3)cc2)n1. The van der Waals surface area contributed by atoms with Gasteiger partial charge in [0.05, 0.1) is 25.6 Å². The number of likely N-dealkylation sites (N-methyl/N-ethyl adjacent to an activating group) is 2. The zero-order chi connectivity index (χ0) is 23.9. The van der Waals surface area contributed by atoms with Gasteiger partial charge in [-0.3, -0.25) is 9.78 Å². The number of pyridine rings is 1. The number of nitrogens with zero attached hydrogens (tertiary/aromatic N) is 6. The number of amides is 1. The van der Waals surface area contributed by atoms with Gasteiger partial charge >= 0.3 is 0 Å². The molecule has 0 unspecified atom stereocenters. The van der Waals surface area contributed by atoms with Gasteiger partial charge in [0.25, 0.3) is 0 Å². The van der Waals surface area contributed by atoms with Crippen molar-refractivity contribution < 1.29 is 14.3 Å². The van der Waals surface area contributed by atoms with Gasteiger partial charge < -0.3 is 24.2 Å². The van der Waals surface area contributed by atoms with E-state index in [1.165, 1.54) is 0 Å². The van der Waals surface area contributed by atoms with Gasteiger partial charge in [0, 0.05) is 59.0 Å². The van der Waals surface area contributed by atoms with Gasteiger partial charge in [-0.05, 0) is 29.8 Å². The van der Waals surface area contributed by atoms with Crippen molar-refractivity contribution in [3.63, 3.8) is 0 Å². The molecule has 0 spiro atoms. The van der Waals surface area contributed by atoms with E-state index in [2.05, 4.69) is 32.0 Å². The highest BCUT2D eigenvalue weighted by atomic mass is 16.5. The maximum absolute atomic E-state index is 11.4. The zero-order valence-corrected chi connectivity index (χ0v) is 19.8. The van der Waals surface area contributed by atoms with Crippen molar-refractivity contribution >= 4 is 17.5 Å². The molecule has 0 saturated carbocycles. The van der Waals surface area contributed by atoms with E-state index in [-0.39, 0.29) is 5.91 Å². The molecule has 1 aliphatic heterocycles. The lowest BCUT2D eigenvalue weighted by Gasteiger charge is -2.27. The van der Waals surface area contributed by atoms with Crippen molar-refractivity contribution in [2.24, 2.45) is 0 Å². The maximum atomic E-state index is 11.4. The molecule has 0 N–H and O–H groups in total. The largest absolute Gasteiger partial charge is 0.437 e. The fourth-order valence-corrected chi connectivity index (χ4v) is 3.52. The first-order valence-corrected chi connectivity index (χ1v) is 11.3. The quantitative estimate of drug-likeness (QED) is 0.505. The number of carbonyl (C=O) groups is 1. The summed E-state index contributed by atoms with van der Waals surface area (Å²) in [5.41, 5.74) is 2.10. The average molecular weight is 463 g/mol. The topological polar surface area (TPSA) is 83.9 Å². The molecule has 1 aliphatic rings. The Kier molecular flexibility index (Phi) is 7.54. The van der Waals surface area contributed by atoms with E-state index >= 15 is 0 Å². The number of morpholine rings is 1. The molecule has 9 nitrogen and oxygen atoms in total. The van der Waals surface area contributed by atoms with Crippen LogP contribution in [-0.2, 0) is 9.53 Å². The van der Waals surface area contributed by atoms with Gasteiger partial charge in [-0.25, -0.2) is 4.98 Å². The van der Waals surface area contributed by atoms with Crippen LogP contribution in [-0.4, -0.2) is 79.2 Å². The molecule has 1 saturated heterocycles. The first-order valence-electron chi connectivity index (χ1n) is 11.3. The van der Waals surface area contributed by atoms with Crippen LogP contribution in [0.25, 0.3) is 11.1 Å². The maximum Gasteiger partial charge on any atom is 0.239 e. The van der Waals surface area contributed by atoms with Crippen LogP contribution in [0.1, 0.15) is 6.92 Å². The molecular weight excluding hydrogens is 432 g/mol. The normalized spacial score (nSPS) is 13.4. The van der Waals surface area contributed by atoms with Gasteiger partial charge in [0.15, 0.2) is 5.82 Å². The molecular formula is C25H30N6O3. The van der Waals surface area contributed by atoms with E-state index in [9.17, 15) is 4.79 Å². The summed E-state index contributed by atoms with van der Waals surface area (Å²) in [7, 11) is 3.69. The van der Waals surface area contributed by atoms with Crippen LogP contribution < -0.4 is 14.5 Å². The summed E-state index contributed by atoms with van der Waals surface area (Å²) in [6, 6.07) is 12.0. The molecule has 0 aliphatic carbocycles. The predicted molar refractivity (Wildman–Crippen MR) is 131 cm³/mol. The minimum Gasteiger partial charge on any atom is -0.437 e. The van der Waals surface area contributed by atoms with Crippen molar-refractivity contribution in [3.8, 4) is 22.8 Å². The number of hydrogen-bond acceptors (Lipinski definition) is 8. The molecule has 4 rings (SSSR count). The summed E-state index contributed by atoms with van der Waals surface area (Å²) in [6.45, 7) is 6.01. The summed E-state index contributed by atoms with van der Waals surface area (Å²) >= 11 is 0.